The van der Waals surface area contributed by atoms with Gasteiger partial charge in [-0.2, -0.15) is 0 Å². The van der Waals surface area contributed by atoms with Gasteiger partial charge in [0.1, 0.15) is 17.2 Å². The van der Waals surface area contributed by atoms with Crippen LogP contribution in [-0.2, 0) is 0 Å². The monoisotopic (exact) mass is 403 g/mol. The van der Waals surface area contributed by atoms with Crippen molar-refractivity contribution >= 4 is 35.4 Å². The summed E-state index contributed by atoms with van der Waals surface area (Å²) < 4.78 is 5.56. The topological polar surface area (TPSA) is 159 Å². The summed E-state index contributed by atoms with van der Waals surface area (Å²) in [5.74, 6) is -0.617. The number of hydrogen-bond acceptors (Lipinski definition) is 6. The molecule has 3 N–H and O–H groups in total. The number of benzene rings is 1. The molecule has 3 aromatic rings. The Labute approximate surface area is 159 Å². The summed E-state index contributed by atoms with van der Waals surface area (Å²) in [6.07, 6.45) is 2.47. The van der Waals surface area contributed by atoms with Crippen molar-refractivity contribution < 1.29 is 19.2 Å². The number of carboxylic acid groups (broad SMARTS) is 1. The molecule has 0 aliphatic heterocycles. The van der Waals surface area contributed by atoms with Crippen molar-refractivity contribution in [2.24, 2.45) is 0 Å². The van der Waals surface area contributed by atoms with E-state index in [1.54, 1.807) is 17.1 Å². The van der Waals surface area contributed by atoms with E-state index in [9.17, 15) is 24.5 Å². The molecule has 1 aromatic carbocycles. The van der Waals surface area contributed by atoms with Crippen LogP contribution < -0.4 is 11.2 Å². The normalized spacial score (nSPS) is 11.0. The maximum atomic E-state index is 11.6. The fourth-order valence-electron chi connectivity index (χ4n) is 2.40. The van der Waals surface area contributed by atoms with Crippen LogP contribution in [0.5, 0.6) is 0 Å². The highest BCUT2D eigenvalue weighted by Gasteiger charge is 2.19. The molecule has 10 nitrogen and oxygen atoms in total. The number of rotatable bonds is 5. The molecule has 0 fully saturated rings. The highest BCUT2D eigenvalue weighted by Crippen LogP contribution is 2.27. The Kier molecular flexibility index (Phi) is 4.96. The number of aromatic carboxylic acids is 1. The molecule has 3 rings (SSSR count). The highest BCUT2D eigenvalue weighted by molar-refractivity contribution is 6.33. The van der Waals surface area contributed by atoms with Gasteiger partial charge in [0.15, 0.2) is 0 Å². The van der Waals surface area contributed by atoms with Gasteiger partial charge in [0.2, 0.25) is 0 Å². The molecule has 0 radical (unpaired) electrons. The largest absolute Gasteiger partial charge is 0.478 e. The molecule has 0 spiro atoms. The van der Waals surface area contributed by atoms with Crippen LogP contribution in [-0.4, -0.2) is 26.0 Å². The van der Waals surface area contributed by atoms with E-state index >= 15 is 0 Å². The number of aromatic nitrogens is 2. The second-order valence-corrected chi connectivity index (χ2v) is 5.87. The van der Waals surface area contributed by atoms with E-state index in [2.05, 4.69) is 4.98 Å². The number of nitro groups is 1. The molecule has 0 saturated heterocycles. The number of hydrogen-bond donors (Lipinski definition) is 3. The van der Waals surface area contributed by atoms with Gasteiger partial charge in [-0.25, -0.2) is 9.59 Å². The van der Waals surface area contributed by atoms with Gasteiger partial charge in [0.25, 0.3) is 0 Å². The molecule has 0 aliphatic carbocycles. The Morgan fingerprint density at radius 2 is 1.93 bits per heavy atom. The number of carboxylic acids is 1. The number of nitrogens with one attached hydrogen (secondary N) is 2. The lowest BCUT2D eigenvalue weighted by molar-refractivity contribution is -0.386. The predicted octanol–water partition coefficient (Wildman–Crippen LogP) is 2.75. The first-order chi connectivity index (χ1) is 13.3. The highest BCUT2D eigenvalue weighted by atomic mass is 35.5. The van der Waals surface area contributed by atoms with E-state index in [1.807, 2.05) is 0 Å². The van der Waals surface area contributed by atoms with Crippen molar-refractivity contribution in [2.75, 3.05) is 0 Å². The molecule has 0 unspecified atom stereocenters. The van der Waals surface area contributed by atoms with Gasteiger partial charge in [-0.05, 0) is 42.5 Å². The van der Waals surface area contributed by atoms with E-state index < -0.39 is 27.8 Å². The Morgan fingerprint density at radius 3 is 2.61 bits per heavy atom. The van der Waals surface area contributed by atoms with Crippen LogP contribution in [0.15, 0.2) is 44.3 Å². The second-order valence-electron chi connectivity index (χ2n) is 5.46. The average molecular weight is 404 g/mol. The first kappa shape index (κ1) is 18.9. The van der Waals surface area contributed by atoms with Crippen LogP contribution in [0.1, 0.15) is 21.8 Å². The second kappa shape index (κ2) is 7.37. The van der Waals surface area contributed by atoms with Crippen molar-refractivity contribution in [3.05, 3.63) is 83.3 Å². The zero-order valence-electron chi connectivity index (χ0n) is 13.8. The van der Waals surface area contributed by atoms with Gasteiger partial charge in [-0.1, -0.05) is 11.6 Å². The Hall–Kier alpha value is -3.92. The van der Waals surface area contributed by atoms with Crippen LogP contribution in [0.2, 0.25) is 5.02 Å². The molecule has 28 heavy (non-hydrogen) atoms. The summed E-state index contributed by atoms with van der Waals surface area (Å²) in [5.41, 5.74) is -2.77. The standard InChI is InChI=1S/C17H10ClN3O7/c18-11-4-1-8(7-10(11)16(23)24)13-6-3-9(28-13)2-5-12-14(21(26)27)15(22)20-17(25)19-12/h1-7H,(H,23,24)(H2,19,20,22,25). The van der Waals surface area contributed by atoms with Gasteiger partial charge in [-0.3, -0.25) is 19.9 Å². The van der Waals surface area contributed by atoms with Crippen molar-refractivity contribution in [2.45, 2.75) is 0 Å². The maximum absolute atomic E-state index is 11.6. The van der Waals surface area contributed by atoms with Gasteiger partial charge < -0.3 is 14.5 Å². The third-order valence-corrected chi connectivity index (χ3v) is 3.98. The zero-order chi connectivity index (χ0) is 20.4. The maximum Gasteiger partial charge on any atom is 0.357 e. The SMILES string of the molecule is O=C(O)c1cc(-c2ccc(C=Cc3[nH]c(=O)[nH]c(=O)c3[N+](=O)[O-])o2)ccc1Cl. The lowest BCUT2D eigenvalue weighted by Crippen LogP contribution is -2.25. The van der Waals surface area contributed by atoms with Crippen molar-refractivity contribution in [3.63, 3.8) is 0 Å². The quantitative estimate of drug-likeness (QED) is 0.436. The Bertz CT molecular complexity index is 1240. The number of halogens is 1. The summed E-state index contributed by atoms with van der Waals surface area (Å²) in [5, 5.41) is 20.2. The van der Waals surface area contributed by atoms with Gasteiger partial charge in [0.05, 0.1) is 15.5 Å². The third kappa shape index (κ3) is 3.76. The Balaban J connectivity index is 1.96. The van der Waals surface area contributed by atoms with Crippen molar-refractivity contribution in [1.82, 2.24) is 9.97 Å². The van der Waals surface area contributed by atoms with Crippen LogP contribution in [0.25, 0.3) is 23.5 Å². The first-order valence-electron chi connectivity index (χ1n) is 7.58. The minimum Gasteiger partial charge on any atom is -0.478 e. The fourth-order valence-corrected chi connectivity index (χ4v) is 2.60. The van der Waals surface area contributed by atoms with Crippen molar-refractivity contribution in [3.8, 4) is 11.3 Å². The van der Waals surface area contributed by atoms with Gasteiger partial charge in [0, 0.05) is 5.56 Å². The lowest BCUT2D eigenvalue weighted by atomic mass is 10.1. The summed E-state index contributed by atoms with van der Waals surface area (Å²) >= 11 is 5.83. The van der Waals surface area contributed by atoms with Gasteiger partial charge in [-0.15, -0.1) is 0 Å². The van der Waals surface area contributed by atoms with Gasteiger partial charge >= 0.3 is 22.9 Å². The number of aromatic amines is 2. The molecule has 0 atom stereocenters. The number of carbonyl (C=O) groups is 1. The van der Waals surface area contributed by atoms with Crippen LogP contribution in [0.3, 0.4) is 0 Å². The molecule has 0 bridgehead atoms. The molecule has 2 aromatic heterocycles. The smallest absolute Gasteiger partial charge is 0.357 e. The van der Waals surface area contributed by atoms with E-state index in [1.165, 1.54) is 24.3 Å². The van der Waals surface area contributed by atoms with Crippen molar-refractivity contribution in [1.29, 1.82) is 0 Å². The summed E-state index contributed by atoms with van der Waals surface area (Å²) in [4.78, 5) is 48.2. The summed E-state index contributed by atoms with van der Waals surface area (Å²) in [7, 11) is 0. The summed E-state index contributed by atoms with van der Waals surface area (Å²) in [6.45, 7) is 0. The third-order valence-electron chi connectivity index (χ3n) is 3.65. The number of furan rings is 1. The molecule has 142 valence electrons. The molecule has 11 heteroatoms. The average Bonchev–Trinajstić information content (AvgIpc) is 3.08. The molecule has 0 amide bonds. The van der Waals surface area contributed by atoms with E-state index in [0.717, 1.165) is 6.08 Å². The van der Waals surface area contributed by atoms with E-state index in [-0.39, 0.29) is 22.0 Å². The predicted molar refractivity (Wildman–Crippen MR) is 99.4 cm³/mol. The fraction of sp³-hybridized carbons (Fsp3) is 0. The van der Waals surface area contributed by atoms with Crippen LogP contribution in [0.4, 0.5) is 5.69 Å². The first-order valence-corrected chi connectivity index (χ1v) is 7.96. The zero-order valence-corrected chi connectivity index (χ0v) is 14.5. The summed E-state index contributed by atoms with van der Waals surface area (Å²) in [6, 6.07) is 7.42. The molecule has 2 heterocycles. The number of nitrogens with zero attached hydrogens (tertiary/aromatic N) is 1. The van der Waals surface area contributed by atoms with E-state index in [4.69, 9.17) is 21.1 Å². The Morgan fingerprint density at radius 1 is 1.18 bits per heavy atom. The van der Waals surface area contributed by atoms with Crippen LogP contribution >= 0.6 is 11.6 Å². The number of H-pyrrole nitrogens is 2. The van der Waals surface area contributed by atoms with Crippen LogP contribution in [0, 0.1) is 10.1 Å². The molecular weight excluding hydrogens is 394 g/mol. The molecule has 0 aliphatic rings. The van der Waals surface area contributed by atoms with E-state index in [0.29, 0.717) is 11.3 Å². The lowest BCUT2D eigenvalue weighted by Gasteiger charge is -2.02. The molecule has 0 saturated carbocycles. The minimum absolute atomic E-state index is 0.0773. The minimum atomic E-state index is -1.19. The molecular formula is C17H10ClN3O7.